The van der Waals surface area contributed by atoms with Gasteiger partial charge in [-0.2, -0.15) is 0 Å². The van der Waals surface area contributed by atoms with Gasteiger partial charge in [-0.15, -0.1) is 0 Å². The van der Waals surface area contributed by atoms with E-state index in [2.05, 4.69) is 4.98 Å². The second-order valence-corrected chi connectivity index (χ2v) is 5.06. The number of hydrogen-bond acceptors (Lipinski definition) is 4. The lowest BCUT2D eigenvalue weighted by Crippen LogP contribution is -2.17. The summed E-state index contributed by atoms with van der Waals surface area (Å²) in [4.78, 5) is 14.4. The van der Waals surface area contributed by atoms with Crippen molar-refractivity contribution in [3.8, 4) is 17.0 Å². The van der Waals surface area contributed by atoms with Gasteiger partial charge >= 0.3 is 0 Å². The SMILES string of the molecule is COCCn1c(-c2cc(C)ccc2OC)cc(=O)[nH]c1=S. The smallest absolute Gasteiger partial charge is 0.252 e. The zero-order valence-electron chi connectivity index (χ0n) is 12.3. The van der Waals surface area contributed by atoms with E-state index in [-0.39, 0.29) is 5.56 Å². The van der Waals surface area contributed by atoms with Crippen LogP contribution >= 0.6 is 12.2 Å². The molecule has 1 aromatic carbocycles. The summed E-state index contributed by atoms with van der Waals surface area (Å²) in [7, 11) is 3.23. The van der Waals surface area contributed by atoms with Crippen LogP contribution in [0.25, 0.3) is 11.3 Å². The van der Waals surface area contributed by atoms with Gasteiger partial charge in [-0.3, -0.25) is 9.78 Å². The van der Waals surface area contributed by atoms with E-state index in [1.165, 1.54) is 6.07 Å². The van der Waals surface area contributed by atoms with Gasteiger partial charge in [0.1, 0.15) is 5.75 Å². The molecule has 0 saturated heterocycles. The second kappa shape index (κ2) is 6.69. The van der Waals surface area contributed by atoms with Crippen LogP contribution in [0, 0.1) is 11.7 Å². The number of nitrogens with zero attached hydrogens (tertiary/aromatic N) is 1. The average molecular weight is 306 g/mol. The molecule has 0 spiro atoms. The van der Waals surface area contributed by atoms with Crippen LogP contribution in [0.5, 0.6) is 5.75 Å². The van der Waals surface area contributed by atoms with Gasteiger partial charge in [-0.05, 0) is 31.3 Å². The molecule has 0 amide bonds. The average Bonchev–Trinajstić information content (AvgIpc) is 2.45. The molecule has 1 aromatic heterocycles. The minimum Gasteiger partial charge on any atom is -0.496 e. The van der Waals surface area contributed by atoms with Crippen LogP contribution in [0.2, 0.25) is 0 Å². The first-order chi connectivity index (χ1) is 10.1. The third-order valence-electron chi connectivity index (χ3n) is 3.18. The summed E-state index contributed by atoms with van der Waals surface area (Å²) in [6, 6.07) is 7.35. The zero-order chi connectivity index (χ0) is 15.4. The lowest BCUT2D eigenvalue weighted by atomic mass is 10.1. The third-order valence-corrected chi connectivity index (χ3v) is 3.51. The predicted octanol–water partition coefficient (Wildman–Crippen LogP) is 2.54. The Kier molecular flexibility index (Phi) is 4.93. The number of methoxy groups -OCH3 is 2. The van der Waals surface area contributed by atoms with Crippen LogP contribution in [0.15, 0.2) is 29.1 Å². The molecule has 0 aliphatic rings. The number of hydrogen-bond donors (Lipinski definition) is 1. The lowest BCUT2D eigenvalue weighted by molar-refractivity contribution is 0.186. The fraction of sp³-hybridized carbons (Fsp3) is 0.333. The van der Waals surface area contributed by atoms with Gasteiger partial charge in [0, 0.05) is 25.3 Å². The van der Waals surface area contributed by atoms with E-state index >= 15 is 0 Å². The van der Waals surface area contributed by atoms with Gasteiger partial charge in [-0.1, -0.05) is 11.6 Å². The molecule has 0 atom stereocenters. The third kappa shape index (κ3) is 3.40. The number of aryl methyl sites for hydroxylation is 1. The van der Waals surface area contributed by atoms with Crippen LogP contribution in [0.4, 0.5) is 0 Å². The fourth-order valence-electron chi connectivity index (χ4n) is 2.17. The van der Waals surface area contributed by atoms with Gasteiger partial charge in [0.25, 0.3) is 5.56 Å². The van der Waals surface area contributed by atoms with Crippen LogP contribution in [-0.2, 0) is 11.3 Å². The number of H-pyrrole nitrogens is 1. The molecule has 0 bridgehead atoms. The maximum absolute atomic E-state index is 11.8. The molecule has 6 heteroatoms. The number of aromatic nitrogens is 2. The highest BCUT2D eigenvalue weighted by atomic mass is 32.1. The summed E-state index contributed by atoms with van der Waals surface area (Å²) < 4.78 is 12.7. The number of nitrogens with one attached hydrogen (secondary N) is 1. The molecule has 0 aliphatic heterocycles. The lowest BCUT2D eigenvalue weighted by Gasteiger charge is -2.16. The van der Waals surface area contributed by atoms with Crippen LogP contribution in [-0.4, -0.2) is 30.4 Å². The molecule has 0 aliphatic carbocycles. The van der Waals surface area contributed by atoms with E-state index in [0.717, 1.165) is 16.8 Å². The van der Waals surface area contributed by atoms with Crippen molar-refractivity contribution in [3.63, 3.8) is 0 Å². The summed E-state index contributed by atoms with van der Waals surface area (Å²) in [5.41, 5.74) is 2.41. The summed E-state index contributed by atoms with van der Waals surface area (Å²) in [6.07, 6.45) is 0. The Morgan fingerprint density at radius 2 is 2.05 bits per heavy atom. The minimum absolute atomic E-state index is 0.229. The Morgan fingerprint density at radius 1 is 1.29 bits per heavy atom. The monoisotopic (exact) mass is 306 g/mol. The topological polar surface area (TPSA) is 56.2 Å². The highest BCUT2D eigenvalue weighted by Gasteiger charge is 2.12. The standard InChI is InChI=1S/C15H18N2O3S/c1-10-4-5-13(20-3)11(8-10)12-9-14(18)16-15(21)17(12)6-7-19-2/h4-5,8-9H,6-7H2,1-3H3,(H,16,18,21). The van der Waals surface area contributed by atoms with E-state index in [0.29, 0.717) is 23.7 Å². The quantitative estimate of drug-likeness (QED) is 0.863. The Bertz CT molecular complexity index is 749. The molecule has 0 unspecified atom stereocenters. The highest BCUT2D eigenvalue weighted by Crippen LogP contribution is 2.30. The number of benzene rings is 1. The van der Waals surface area contributed by atoms with Crippen molar-refractivity contribution in [2.24, 2.45) is 0 Å². The molecule has 21 heavy (non-hydrogen) atoms. The molecular weight excluding hydrogens is 288 g/mol. The number of ether oxygens (including phenoxy) is 2. The Balaban J connectivity index is 2.70. The van der Waals surface area contributed by atoms with Crippen LogP contribution in [0.3, 0.4) is 0 Å². The molecule has 1 N–H and O–H groups in total. The van der Waals surface area contributed by atoms with Crippen molar-refractivity contribution in [1.29, 1.82) is 0 Å². The maximum Gasteiger partial charge on any atom is 0.252 e. The van der Waals surface area contributed by atoms with E-state index in [1.807, 2.05) is 29.7 Å². The maximum atomic E-state index is 11.8. The Morgan fingerprint density at radius 3 is 2.71 bits per heavy atom. The van der Waals surface area contributed by atoms with Crippen LogP contribution in [0.1, 0.15) is 5.56 Å². The van der Waals surface area contributed by atoms with Crippen molar-refractivity contribution in [2.45, 2.75) is 13.5 Å². The van der Waals surface area contributed by atoms with Gasteiger partial charge in [-0.25, -0.2) is 0 Å². The van der Waals surface area contributed by atoms with Gasteiger partial charge in [0.2, 0.25) is 0 Å². The van der Waals surface area contributed by atoms with Crippen LogP contribution < -0.4 is 10.3 Å². The van der Waals surface area contributed by atoms with Crippen molar-refractivity contribution in [1.82, 2.24) is 9.55 Å². The highest BCUT2D eigenvalue weighted by molar-refractivity contribution is 7.71. The zero-order valence-corrected chi connectivity index (χ0v) is 13.1. The molecule has 5 nitrogen and oxygen atoms in total. The second-order valence-electron chi connectivity index (χ2n) is 4.67. The van der Waals surface area contributed by atoms with E-state index in [1.54, 1.807) is 14.2 Å². The molecule has 0 radical (unpaired) electrons. The van der Waals surface area contributed by atoms with E-state index in [9.17, 15) is 4.79 Å². The summed E-state index contributed by atoms with van der Waals surface area (Å²) >= 11 is 5.26. The van der Waals surface area contributed by atoms with Crippen molar-refractivity contribution in [2.75, 3.05) is 20.8 Å². The summed E-state index contributed by atoms with van der Waals surface area (Å²) in [5, 5.41) is 0. The van der Waals surface area contributed by atoms with Gasteiger partial charge in [0.05, 0.1) is 19.4 Å². The summed E-state index contributed by atoms with van der Waals surface area (Å²) in [6.45, 7) is 3.05. The van der Waals surface area contributed by atoms with Gasteiger partial charge in [0.15, 0.2) is 4.77 Å². The predicted molar refractivity (Wildman–Crippen MR) is 84.5 cm³/mol. The fourth-order valence-corrected chi connectivity index (χ4v) is 2.46. The number of rotatable bonds is 5. The first kappa shape index (κ1) is 15.5. The largest absolute Gasteiger partial charge is 0.496 e. The number of aromatic amines is 1. The first-order valence-corrected chi connectivity index (χ1v) is 6.95. The van der Waals surface area contributed by atoms with E-state index in [4.69, 9.17) is 21.7 Å². The molecule has 0 saturated carbocycles. The minimum atomic E-state index is -0.229. The van der Waals surface area contributed by atoms with Crippen molar-refractivity contribution < 1.29 is 9.47 Å². The van der Waals surface area contributed by atoms with Gasteiger partial charge < -0.3 is 14.0 Å². The Labute approximate surface area is 128 Å². The molecule has 2 aromatic rings. The normalized spacial score (nSPS) is 10.6. The first-order valence-electron chi connectivity index (χ1n) is 6.55. The van der Waals surface area contributed by atoms with Crippen molar-refractivity contribution >= 4 is 12.2 Å². The van der Waals surface area contributed by atoms with E-state index < -0.39 is 0 Å². The molecule has 0 fully saturated rings. The molecule has 112 valence electrons. The Hall–Kier alpha value is -1.92. The van der Waals surface area contributed by atoms with Crippen molar-refractivity contribution in [3.05, 3.63) is 45.0 Å². The molecular formula is C15H18N2O3S. The molecule has 1 heterocycles. The summed E-state index contributed by atoms with van der Waals surface area (Å²) in [5.74, 6) is 0.701. The molecule has 2 rings (SSSR count).